The third-order valence-corrected chi connectivity index (χ3v) is 20.8. The second-order valence-electron chi connectivity index (χ2n) is 28.8. The maximum absolute atomic E-state index is 13.1. The van der Waals surface area contributed by atoms with Gasteiger partial charge in [-0.2, -0.15) is 0 Å². The Morgan fingerprint density at radius 1 is 0.242 bits per heavy atom. The van der Waals surface area contributed by atoms with Gasteiger partial charge < -0.3 is 33.8 Å². The minimum atomic E-state index is -4.96. The number of aliphatic hydroxyl groups excluding tert-OH is 1. The molecule has 0 aliphatic carbocycles. The van der Waals surface area contributed by atoms with Crippen LogP contribution in [0.3, 0.4) is 0 Å². The molecule has 0 rings (SSSR count). The standard InChI is InChI=1S/C80H156O17P2/c1-5-9-13-17-20-23-26-29-32-34-36-37-38-39-41-43-46-49-52-55-59-63-67-80(85)97-76(71-91-78(83)65-61-57-53-50-47-45-42-40-35-33-30-27-24-21-18-14-10-6-2)73-95-99(88,89)93-69-74(81)68-92-98(86,87)94-72-75(70-90-77(82)64-60-56-16-12-8-4)96-79(84)66-62-58-54-51-48-44-31-28-25-22-19-15-11-7-3/h74-76,81H,5-73H2,1-4H3,(H,86,87)(H,88,89)/t74-,75+,76+/m0/s1. The highest BCUT2D eigenvalue weighted by atomic mass is 31.2. The van der Waals surface area contributed by atoms with Gasteiger partial charge >= 0.3 is 39.5 Å². The first-order valence-corrected chi connectivity index (χ1v) is 44.8. The first-order valence-electron chi connectivity index (χ1n) is 41.8. The third kappa shape index (κ3) is 74.1. The van der Waals surface area contributed by atoms with Gasteiger partial charge in [0.15, 0.2) is 12.2 Å². The fourth-order valence-corrected chi connectivity index (χ4v) is 14.0. The molecule has 5 atom stereocenters. The molecule has 0 aliphatic heterocycles. The second-order valence-corrected chi connectivity index (χ2v) is 31.7. The predicted octanol–water partition coefficient (Wildman–Crippen LogP) is 24.2. The number of hydrogen-bond donors (Lipinski definition) is 3. The summed E-state index contributed by atoms with van der Waals surface area (Å²) in [7, 11) is -9.90. The van der Waals surface area contributed by atoms with Gasteiger partial charge in [0.1, 0.15) is 19.3 Å². The Morgan fingerprint density at radius 3 is 0.596 bits per heavy atom. The normalized spacial score (nSPS) is 13.8. The van der Waals surface area contributed by atoms with E-state index in [1.54, 1.807) is 0 Å². The summed E-state index contributed by atoms with van der Waals surface area (Å²) < 4.78 is 68.4. The second kappa shape index (κ2) is 74.3. The summed E-state index contributed by atoms with van der Waals surface area (Å²) in [5, 5.41) is 10.6. The van der Waals surface area contributed by atoms with Gasteiger partial charge in [-0.05, 0) is 25.7 Å². The van der Waals surface area contributed by atoms with Crippen molar-refractivity contribution < 1.29 is 80.2 Å². The molecule has 0 aromatic rings. The summed E-state index contributed by atoms with van der Waals surface area (Å²) in [6.45, 7) is 4.93. The van der Waals surface area contributed by atoms with E-state index in [0.29, 0.717) is 25.7 Å². The first kappa shape index (κ1) is 97.1. The lowest BCUT2D eigenvalue weighted by Crippen LogP contribution is -2.30. The summed E-state index contributed by atoms with van der Waals surface area (Å²) in [5.74, 6) is -2.12. The maximum atomic E-state index is 13.1. The van der Waals surface area contributed by atoms with E-state index in [0.717, 1.165) is 96.3 Å². The number of carbonyl (C=O) groups is 4. The third-order valence-electron chi connectivity index (χ3n) is 18.9. The first-order chi connectivity index (χ1) is 48.2. The number of aliphatic hydroxyl groups is 1. The van der Waals surface area contributed by atoms with E-state index < -0.39 is 97.5 Å². The highest BCUT2D eigenvalue weighted by Crippen LogP contribution is 2.45. The van der Waals surface area contributed by atoms with Crippen molar-refractivity contribution in [2.24, 2.45) is 0 Å². The lowest BCUT2D eigenvalue weighted by Gasteiger charge is -2.21. The van der Waals surface area contributed by atoms with E-state index in [-0.39, 0.29) is 25.7 Å². The number of unbranched alkanes of at least 4 members (excludes halogenated alkanes) is 55. The van der Waals surface area contributed by atoms with Gasteiger partial charge in [0.25, 0.3) is 0 Å². The Morgan fingerprint density at radius 2 is 0.404 bits per heavy atom. The Labute approximate surface area is 607 Å². The number of esters is 4. The summed E-state index contributed by atoms with van der Waals surface area (Å²) in [6.07, 6.45) is 67.2. The molecule has 0 amide bonds. The van der Waals surface area contributed by atoms with E-state index in [2.05, 4.69) is 27.7 Å². The molecule has 17 nitrogen and oxygen atoms in total. The molecule has 0 bridgehead atoms. The van der Waals surface area contributed by atoms with Crippen LogP contribution < -0.4 is 0 Å². The van der Waals surface area contributed by atoms with Crippen molar-refractivity contribution in [2.75, 3.05) is 39.6 Å². The van der Waals surface area contributed by atoms with E-state index in [4.69, 9.17) is 37.0 Å². The number of hydrogen-bond acceptors (Lipinski definition) is 15. The zero-order valence-corrected chi connectivity index (χ0v) is 66.3. The average Bonchev–Trinajstić information content (AvgIpc) is 1.05. The quantitative estimate of drug-likeness (QED) is 0.0222. The molecule has 0 aliphatic rings. The summed E-state index contributed by atoms with van der Waals surface area (Å²) in [4.78, 5) is 72.7. The van der Waals surface area contributed by atoms with Gasteiger partial charge in [-0.25, -0.2) is 9.13 Å². The molecule has 0 radical (unpaired) electrons. The number of phosphoric acid groups is 2. The van der Waals surface area contributed by atoms with Crippen molar-refractivity contribution in [1.82, 2.24) is 0 Å². The minimum Gasteiger partial charge on any atom is -0.462 e. The Kier molecular flexibility index (Phi) is 72.9. The van der Waals surface area contributed by atoms with Crippen LogP contribution in [-0.4, -0.2) is 96.7 Å². The highest BCUT2D eigenvalue weighted by molar-refractivity contribution is 7.47. The predicted molar refractivity (Wildman–Crippen MR) is 405 cm³/mol. The minimum absolute atomic E-state index is 0.108. The van der Waals surface area contributed by atoms with E-state index >= 15 is 0 Å². The van der Waals surface area contributed by atoms with Crippen molar-refractivity contribution in [3.63, 3.8) is 0 Å². The zero-order chi connectivity index (χ0) is 72.5. The Balaban J connectivity index is 5.11. The molecule has 0 saturated heterocycles. The van der Waals surface area contributed by atoms with Gasteiger partial charge in [-0.1, -0.05) is 381 Å². The van der Waals surface area contributed by atoms with E-state index in [1.807, 2.05) is 0 Å². The van der Waals surface area contributed by atoms with Crippen LogP contribution in [0.5, 0.6) is 0 Å². The SMILES string of the molecule is CCCCCCCCCCCCCCCCCCCCCCCCC(=O)O[C@H](COC(=O)CCCCCCCCCCCCCCCCCCCC)COP(=O)(O)OC[C@@H](O)COP(=O)(O)OC[C@@H](COC(=O)CCCCCCC)OC(=O)CCCCCCCCCCCCCCCC. The van der Waals surface area contributed by atoms with Crippen LogP contribution >= 0.6 is 15.6 Å². The Hall–Kier alpha value is -1.94. The lowest BCUT2D eigenvalue weighted by molar-refractivity contribution is -0.161. The fourth-order valence-electron chi connectivity index (χ4n) is 12.5. The number of ether oxygens (including phenoxy) is 4. The van der Waals surface area contributed by atoms with Crippen LogP contribution in [-0.2, 0) is 65.4 Å². The van der Waals surface area contributed by atoms with E-state index in [1.165, 1.54) is 257 Å². The maximum Gasteiger partial charge on any atom is 0.472 e. The molecular formula is C80H156O17P2. The van der Waals surface area contributed by atoms with Crippen molar-refractivity contribution in [3.8, 4) is 0 Å². The van der Waals surface area contributed by atoms with Crippen LogP contribution in [0.4, 0.5) is 0 Å². The van der Waals surface area contributed by atoms with Crippen LogP contribution in [0.1, 0.15) is 432 Å². The molecule has 2 unspecified atom stereocenters. The number of carbonyl (C=O) groups excluding carboxylic acids is 4. The summed E-state index contributed by atoms with van der Waals surface area (Å²) >= 11 is 0. The lowest BCUT2D eigenvalue weighted by atomic mass is 10.0. The summed E-state index contributed by atoms with van der Waals surface area (Å²) in [5.41, 5.74) is 0. The molecule has 588 valence electrons. The van der Waals surface area contributed by atoms with Crippen molar-refractivity contribution in [1.29, 1.82) is 0 Å². The van der Waals surface area contributed by atoms with Gasteiger partial charge in [-0.3, -0.25) is 37.3 Å². The number of rotatable bonds is 81. The molecular weight excluding hydrogens is 1290 g/mol. The van der Waals surface area contributed by atoms with Crippen molar-refractivity contribution >= 4 is 39.5 Å². The van der Waals surface area contributed by atoms with E-state index in [9.17, 15) is 43.2 Å². The van der Waals surface area contributed by atoms with Gasteiger partial charge in [-0.15, -0.1) is 0 Å². The molecule has 99 heavy (non-hydrogen) atoms. The van der Waals surface area contributed by atoms with Crippen LogP contribution in [0.25, 0.3) is 0 Å². The smallest absolute Gasteiger partial charge is 0.462 e. The van der Waals surface area contributed by atoms with Crippen molar-refractivity contribution in [2.45, 2.75) is 451 Å². The fraction of sp³-hybridized carbons (Fsp3) is 0.950. The molecule has 19 heteroatoms. The van der Waals surface area contributed by atoms with Crippen LogP contribution in [0.2, 0.25) is 0 Å². The average molecular weight is 1450 g/mol. The number of phosphoric ester groups is 2. The van der Waals surface area contributed by atoms with Gasteiger partial charge in [0, 0.05) is 25.7 Å². The van der Waals surface area contributed by atoms with Crippen molar-refractivity contribution in [3.05, 3.63) is 0 Å². The molecule has 0 aromatic heterocycles. The molecule has 0 aromatic carbocycles. The topological polar surface area (TPSA) is 237 Å². The Bertz CT molecular complexity index is 1880. The molecule has 0 spiro atoms. The highest BCUT2D eigenvalue weighted by Gasteiger charge is 2.30. The van der Waals surface area contributed by atoms with Gasteiger partial charge in [0.2, 0.25) is 0 Å². The monoisotopic (exact) mass is 1450 g/mol. The van der Waals surface area contributed by atoms with Crippen LogP contribution in [0, 0.1) is 0 Å². The molecule has 0 saturated carbocycles. The van der Waals surface area contributed by atoms with Crippen LogP contribution in [0.15, 0.2) is 0 Å². The molecule has 0 fully saturated rings. The summed E-state index contributed by atoms with van der Waals surface area (Å²) in [6, 6.07) is 0. The van der Waals surface area contributed by atoms with Gasteiger partial charge in [0.05, 0.1) is 26.4 Å². The molecule has 0 heterocycles. The largest absolute Gasteiger partial charge is 0.472 e. The zero-order valence-electron chi connectivity index (χ0n) is 64.5. The molecule has 3 N–H and O–H groups in total.